The molecule has 3 aliphatic heterocycles. The van der Waals surface area contributed by atoms with Crippen molar-refractivity contribution < 1.29 is 28.3 Å². The Hall–Kier alpha value is -3.86. The number of urea groups is 1. The molecule has 1 unspecified atom stereocenters. The first-order valence-corrected chi connectivity index (χ1v) is 10.5. The number of ether oxygens (including phenoxy) is 1. The van der Waals surface area contributed by atoms with Crippen LogP contribution in [-0.4, -0.2) is 60.3 Å². The first-order valence-electron chi connectivity index (χ1n) is 10.5. The molecule has 0 saturated carbocycles. The molecule has 4 heterocycles. The van der Waals surface area contributed by atoms with Crippen LogP contribution >= 0.6 is 0 Å². The van der Waals surface area contributed by atoms with Crippen LogP contribution in [0.5, 0.6) is 5.75 Å². The Balaban J connectivity index is 1.46. The van der Waals surface area contributed by atoms with E-state index in [1.807, 2.05) is 11.0 Å². The molecule has 11 nitrogen and oxygen atoms in total. The number of imide groups is 1. The van der Waals surface area contributed by atoms with Crippen molar-refractivity contribution in [2.24, 2.45) is 5.73 Å². The van der Waals surface area contributed by atoms with Crippen LogP contribution in [0.15, 0.2) is 28.7 Å². The SMILES string of the molecule is COc1ccc2c(c1)C(=O)N(CC1(c3cc4c(o3)CCN(CC(N)=O)C4)NC(=O)NC1=O)C2. The number of fused-ring (bicyclic) bond motifs is 2. The van der Waals surface area contributed by atoms with Crippen LogP contribution in [0.1, 0.15) is 33.0 Å². The smallest absolute Gasteiger partial charge is 0.322 e. The lowest BCUT2D eigenvalue weighted by atomic mass is 9.94. The third-order valence-electron chi connectivity index (χ3n) is 6.31. The first-order chi connectivity index (χ1) is 15.8. The Morgan fingerprint density at radius 3 is 2.73 bits per heavy atom. The Kier molecular flexibility index (Phi) is 4.85. The molecule has 33 heavy (non-hydrogen) atoms. The zero-order chi connectivity index (χ0) is 23.3. The number of methoxy groups -OCH3 is 1. The molecule has 5 rings (SSSR count). The molecule has 2 aromatic rings. The molecule has 1 aromatic carbocycles. The topological polar surface area (TPSA) is 147 Å². The molecule has 0 bridgehead atoms. The summed E-state index contributed by atoms with van der Waals surface area (Å²) in [5.41, 5.74) is 5.86. The van der Waals surface area contributed by atoms with Crippen LogP contribution in [0.3, 0.4) is 0 Å². The minimum absolute atomic E-state index is 0.0994. The molecular formula is C22H23N5O6. The Labute approximate surface area is 188 Å². The molecule has 0 aliphatic carbocycles. The molecule has 1 aromatic heterocycles. The van der Waals surface area contributed by atoms with Gasteiger partial charge in [-0.25, -0.2) is 4.79 Å². The van der Waals surface area contributed by atoms with Crippen molar-refractivity contribution in [2.75, 3.05) is 26.7 Å². The second-order valence-corrected chi connectivity index (χ2v) is 8.48. The molecule has 0 spiro atoms. The molecule has 1 fully saturated rings. The fourth-order valence-corrected chi connectivity index (χ4v) is 4.69. The number of nitrogens with two attached hydrogens (primary N) is 1. The van der Waals surface area contributed by atoms with E-state index in [1.165, 1.54) is 12.0 Å². The maximum atomic E-state index is 13.1. The average Bonchev–Trinajstić information content (AvgIpc) is 3.41. The molecule has 3 aliphatic rings. The van der Waals surface area contributed by atoms with E-state index in [1.54, 1.807) is 18.2 Å². The lowest BCUT2D eigenvalue weighted by Gasteiger charge is -2.29. The number of hydrogen-bond acceptors (Lipinski definition) is 7. The summed E-state index contributed by atoms with van der Waals surface area (Å²) in [5.74, 6) is 0.211. The number of nitrogens with zero attached hydrogens (tertiary/aromatic N) is 2. The van der Waals surface area contributed by atoms with E-state index in [9.17, 15) is 19.2 Å². The number of carbonyl (C=O) groups excluding carboxylic acids is 4. The number of amides is 5. The number of primary amides is 1. The number of hydrogen-bond donors (Lipinski definition) is 3. The summed E-state index contributed by atoms with van der Waals surface area (Å²) in [4.78, 5) is 53.0. The lowest BCUT2D eigenvalue weighted by molar-refractivity contribution is -0.125. The van der Waals surface area contributed by atoms with Gasteiger partial charge in [0.05, 0.1) is 20.2 Å². The fraction of sp³-hybridized carbons (Fsp3) is 0.364. The summed E-state index contributed by atoms with van der Waals surface area (Å²) >= 11 is 0. The van der Waals surface area contributed by atoms with Crippen LogP contribution < -0.4 is 21.1 Å². The average molecular weight is 453 g/mol. The quantitative estimate of drug-likeness (QED) is 0.514. The second-order valence-electron chi connectivity index (χ2n) is 8.48. The molecule has 5 amide bonds. The predicted octanol–water partition coefficient (Wildman–Crippen LogP) is -0.178. The lowest BCUT2D eigenvalue weighted by Crippen LogP contribution is -2.52. The van der Waals surface area contributed by atoms with Gasteiger partial charge in [-0.15, -0.1) is 0 Å². The van der Waals surface area contributed by atoms with Crippen molar-refractivity contribution in [3.8, 4) is 5.75 Å². The molecule has 0 radical (unpaired) electrons. The molecule has 1 saturated heterocycles. The van der Waals surface area contributed by atoms with Gasteiger partial charge in [-0.1, -0.05) is 6.07 Å². The van der Waals surface area contributed by atoms with Gasteiger partial charge in [-0.2, -0.15) is 0 Å². The highest BCUT2D eigenvalue weighted by Gasteiger charge is 2.53. The van der Waals surface area contributed by atoms with Crippen LogP contribution in [0.2, 0.25) is 0 Å². The third-order valence-corrected chi connectivity index (χ3v) is 6.31. The van der Waals surface area contributed by atoms with Crippen molar-refractivity contribution in [2.45, 2.75) is 25.0 Å². The van der Waals surface area contributed by atoms with E-state index in [0.717, 1.165) is 11.1 Å². The minimum Gasteiger partial charge on any atom is -0.497 e. The largest absolute Gasteiger partial charge is 0.497 e. The van der Waals surface area contributed by atoms with E-state index < -0.39 is 23.4 Å². The van der Waals surface area contributed by atoms with E-state index in [-0.39, 0.29) is 31.3 Å². The monoisotopic (exact) mass is 453 g/mol. The molecular weight excluding hydrogens is 430 g/mol. The van der Waals surface area contributed by atoms with Gasteiger partial charge in [0, 0.05) is 37.2 Å². The number of benzene rings is 1. The van der Waals surface area contributed by atoms with E-state index in [4.69, 9.17) is 14.9 Å². The zero-order valence-corrected chi connectivity index (χ0v) is 18.0. The maximum Gasteiger partial charge on any atom is 0.322 e. The van der Waals surface area contributed by atoms with E-state index >= 15 is 0 Å². The number of rotatable bonds is 6. The maximum absolute atomic E-state index is 13.1. The fourth-order valence-electron chi connectivity index (χ4n) is 4.69. The highest BCUT2D eigenvalue weighted by molar-refractivity contribution is 6.08. The summed E-state index contributed by atoms with van der Waals surface area (Å²) in [6.07, 6.45) is 0.530. The van der Waals surface area contributed by atoms with Gasteiger partial charge in [0.1, 0.15) is 17.3 Å². The minimum atomic E-state index is -1.56. The van der Waals surface area contributed by atoms with Crippen molar-refractivity contribution in [3.05, 3.63) is 52.5 Å². The normalized spacial score (nSPS) is 22.1. The Morgan fingerprint density at radius 2 is 2.03 bits per heavy atom. The number of furan rings is 1. The van der Waals surface area contributed by atoms with Gasteiger partial charge < -0.3 is 25.1 Å². The van der Waals surface area contributed by atoms with Gasteiger partial charge in [0.2, 0.25) is 5.91 Å². The standard InChI is InChI=1S/C22H23N5O6/c1-32-14-3-2-12-9-27(19(29)15(12)7-14)11-22(20(30)24-21(31)25-22)17-6-13-8-26(10-18(23)28)5-4-16(13)33-17/h2-3,6-7H,4-5,8-11H2,1H3,(H2,23,28)(H2,24,25,30,31). The van der Waals surface area contributed by atoms with Crippen molar-refractivity contribution in [1.29, 1.82) is 0 Å². The molecule has 172 valence electrons. The number of carbonyl (C=O) groups is 4. The predicted molar refractivity (Wildman–Crippen MR) is 113 cm³/mol. The summed E-state index contributed by atoms with van der Waals surface area (Å²) in [6.45, 7) is 1.32. The van der Waals surface area contributed by atoms with E-state index in [2.05, 4.69) is 10.6 Å². The summed E-state index contributed by atoms with van der Waals surface area (Å²) in [5, 5.41) is 4.95. The summed E-state index contributed by atoms with van der Waals surface area (Å²) in [6, 6.07) is 6.30. The van der Waals surface area contributed by atoms with Crippen molar-refractivity contribution in [3.63, 3.8) is 0 Å². The highest BCUT2D eigenvalue weighted by Crippen LogP contribution is 2.35. The van der Waals surface area contributed by atoms with Crippen LogP contribution in [0.4, 0.5) is 4.79 Å². The van der Waals surface area contributed by atoms with Gasteiger partial charge in [0.25, 0.3) is 11.8 Å². The van der Waals surface area contributed by atoms with Gasteiger partial charge in [0.15, 0.2) is 5.54 Å². The van der Waals surface area contributed by atoms with Crippen LogP contribution in [-0.2, 0) is 34.6 Å². The van der Waals surface area contributed by atoms with Crippen LogP contribution in [0, 0.1) is 0 Å². The van der Waals surface area contributed by atoms with Gasteiger partial charge in [-0.05, 0) is 23.8 Å². The Bertz CT molecular complexity index is 1190. The van der Waals surface area contributed by atoms with Gasteiger partial charge >= 0.3 is 6.03 Å². The third kappa shape index (κ3) is 3.50. The summed E-state index contributed by atoms with van der Waals surface area (Å²) < 4.78 is 11.3. The number of nitrogens with one attached hydrogen (secondary N) is 2. The van der Waals surface area contributed by atoms with Gasteiger partial charge in [-0.3, -0.25) is 24.6 Å². The van der Waals surface area contributed by atoms with Crippen molar-refractivity contribution in [1.82, 2.24) is 20.4 Å². The Morgan fingerprint density at radius 1 is 1.21 bits per heavy atom. The summed E-state index contributed by atoms with van der Waals surface area (Å²) in [7, 11) is 1.52. The highest BCUT2D eigenvalue weighted by atomic mass is 16.5. The van der Waals surface area contributed by atoms with E-state index in [0.29, 0.717) is 36.6 Å². The molecule has 4 N–H and O–H groups in total. The van der Waals surface area contributed by atoms with Crippen LogP contribution in [0.25, 0.3) is 0 Å². The first kappa shape index (κ1) is 21.0. The molecule has 11 heteroatoms. The molecule has 1 atom stereocenters. The van der Waals surface area contributed by atoms with Crippen molar-refractivity contribution >= 4 is 23.8 Å². The second kappa shape index (κ2) is 7.62. The zero-order valence-electron chi connectivity index (χ0n) is 18.0.